The molecule has 0 aliphatic carbocycles. The Labute approximate surface area is 119 Å². The van der Waals surface area contributed by atoms with Crippen LogP contribution in [0.3, 0.4) is 0 Å². The van der Waals surface area contributed by atoms with Gasteiger partial charge in [0.2, 0.25) is 0 Å². The third-order valence-electron chi connectivity index (χ3n) is 3.65. The van der Waals surface area contributed by atoms with Crippen molar-refractivity contribution in [2.75, 3.05) is 11.4 Å². The molecule has 98 valence electrons. The highest BCUT2D eigenvalue weighted by molar-refractivity contribution is 6.30. The molecular formula is C16H17ClN2. The molecule has 0 amide bonds. The van der Waals surface area contributed by atoms with E-state index in [0.29, 0.717) is 5.15 Å². The van der Waals surface area contributed by atoms with Crippen molar-refractivity contribution in [1.29, 1.82) is 0 Å². The van der Waals surface area contributed by atoms with E-state index in [1.807, 2.05) is 6.07 Å². The van der Waals surface area contributed by atoms with Crippen LogP contribution in [0.15, 0.2) is 36.5 Å². The average molecular weight is 273 g/mol. The van der Waals surface area contributed by atoms with Crippen molar-refractivity contribution in [2.45, 2.75) is 26.3 Å². The van der Waals surface area contributed by atoms with Gasteiger partial charge in [-0.15, -0.1) is 0 Å². The Morgan fingerprint density at radius 3 is 3.05 bits per heavy atom. The molecule has 1 aromatic heterocycles. The highest BCUT2D eigenvalue weighted by Crippen LogP contribution is 2.30. The van der Waals surface area contributed by atoms with E-state index in [1.165, 1.54) is 29.7 Å². The molecule has 0 radical (unpaired) electrons. The number of aryl methyl sites for hydroxylation is 2. The molecule has 19 heavy (non-hydrogen) atoms. The van der Waals surface area contributed by atoms with Crippen molar-refractivity contribution in [3.05, 3.63) is 58.4 Å². The highest BCUT2D eigenvalue weighted by atomic mass is 35.5. The summed E-state index contributed by atoms with van der Waals surface area (Å²) in [6.45, 7) is 4.07. The van der Waals surface area contributed by atoms with Crippen LogP contribution in [0.4, 0.5) is 5.69 Å². The maximum atomic E-state index is 6.16. The number of rotatable bonds is 2. The zero-order chi connectivity index (χ0) is 13.2. The fourth-order valence-electron chi connectivity index (χ4n) is 2.71. The van der Waals surface area contributed by atoms with Crippen LogP contribution in [0.25, 0.3) is 0 Å². The van der Waals surface area contributed by atoms with Gasteiger partial charge in [-0.25, -0.2) is 4.98 Å². The number of pyridine rings is 1. The SMILES string of the molecule is Cc1ccc2c(c1)CCCN2Cc1cccnc1Cl. The molecule has 0 spiro atoms. The second-order valence-electron chi connectivity index (χ2n) is 5.11. The lowest BCUT2D eigenvalue weighted by Gasteiger charge is -2.31. The average Bonchev–Trinajstić information content (AvgIpc) is 2.41. The molecule has 2 aromatic rings. The van der Waals surface area contributed by atoms with Gasteiger partial charge in [-0.05, 0) is 37.5 Å². The zero-order valence-electron chi connectivity index (χ0n) is 11.1. The topological polar surface area (TPSA) is 16.1 Å². The zero-order valence-corrected chi connectivity index (χ0v) is 11.8. The molecule has 3 rings (SSSR count). The molecule has 1 aliphatic heterocycles. The van der Waals surface area contributed by atoms with Gasteiger partial charge in [-0.1, -0.05) is 35.4 Å². The molecule has 2 nitrogen and oxygen atoms in total. The van der Waals surface area contributed by atoms with E-state index in [1.54, 1.807) is 6.20 Å². The number of benzene rings is 1. The standard InChI is InChI=1S/C16H17ClN2/c1-12-6-7-15-13(10-12)5-3-9-19(15)11-14-4-2-8-18-16(14)17/h2,4,6-8,10H,3,5,9,11H2,1H3. The maximum absolute atomic E-state index is 6.16. The number of anilines is 1. The monoisotopic (exact) mass is 272 g/mol. The molecule has 0 saturated heterocycles. The predicted octanol–water partition coefficient (Wildman–Crippen LogP) is 4.00. The summed E-state index contributed by atoms with van der Waals surface area (Å²) in [5.41, 5.74) is 5.22. The Balaban J connectivity index is 1.90. The quantitative estimate of drug-likeness (QED) is 0.769. The second kappa shape index (κ2) is 5.22. The van der Waals surface area contributed by atoms with E-state index in [2.05, 4.69) is 41.1 Å². The molecule has 0 fully saturated rings. The molecule has 0 atom stereocenters. The van der Waals surface area contributed by atoms with Gasteiger partial charge in [-0.3, -0.25) is 0 Å². The van der Waals surface area contributed by atoms with Crippen LogP contribution in [0.2, 0.25) is 5.15 Å². The third-order valence-corrected chi connectivity index (χ3v) is 3.99. The molecule has 0 saturated carbocycles. The minimum atomic E-state index is 0.613. The number of hydrogen-bond acceptors (Lipinski definition) is 2. The number of nitrogens with zero attached hydrogens (tertiary/aromatic N) is 2. The molecule has 0 unspecified atom stereocenters. The van der Waals surface area contributed by atoms with Gasteiger partial charge in [0, 0.05) is 30.5 Å². The summed E-state index contributed by atoms with van der Waals surface area (Å²) in [5.74, 6) is 0. The van der Waals surface area contributed by atoms with Crippen molar-refractivity contribution in [3.63, 3.8) is 0 Å². The van der Waals surface area contributed by atoms with Gasteiger partial charge in [0.25, 0.3) is 0 Å². The summed E-state index contributed by atoms with van der Waals surface area (Å²) in [4.78, 5) is 6.56. The van der Waals surface area contributed by atoms with Gasteiger partial charge in [0.1, 0.15) is 5.15 Å². The van der Waals surface area contributed by atoms with Crippen molar-refractivity contribution in [3.8, 4) is 0 Å². The smallest absolute Gasteiger partial charge is 0.133 e. The van der Waals surface area contributed by atoms with E-state index in [4.69, 9.17) is 11.6 Å². The highest BCUT2D eigenvalue weighted by Gasteiger charge is 2.17. The lowest BCUT2D eigenvalue weighted by molar-refractivity contribution is 0.690. The molecule has 3 heteroatoms. The van der Waals surface area contributed by atoms with Gasteiger partial charge < -0.3 is 4.90 Å². The minimum Gasteiger partial charge on any atom is -0.367 e. The number of fused-ring (bicyclic) bond motifs is 1. The van der Waals surface area contributed by atoms with Crippen molar-refractivity contribution >= 4 is 17.3 Å². The maximum Gasteiger partial charge on any atom is 0.133 e. The van der Waals surface area contributed by atoms with Gasteiger partial charge in [0.05, 0.1) is 0 Å². The molecule has 1 aromatic carbocycles. The molecular weight excluding hydrogens is 256 g/mol. The summed E-state index contributed by atoms with van der Waals surface area (Å²) < 4.78 is 0. The van der Waals surface area contributed by atoms with Gasteiger partial charge in [-0.2, -0.15) is 0 Å². The lowest BCUT2D eigenvalue weighted by Crippen LogP contribution is -2.29. The summed E-state index contributed by atoms with van der Waals surface area (Å²) in [5, 5.41) is 0.613. The van der Waals surface area contributed by atoms with Crippen LogP contribution in [-0.4, -0.2) is 11.5 Å². The van der Waals surface area contributed by atoms with Crippen LogP contribution >= 0.6 is 11.6 Å². The van der Waals surface area contributed by atoms with Gasteiger partial charge >= 0.3 is 0 Å². The Hall–Kier alpha value is -1.54. The molecule has 1 aliphatic rings. The molecule has 2 heterocycles. The van der Waals surface area contributed by atoms with E-state index in [-0.39, 0.29) is 0 Å². The van der Waals surface area contributed by atoms with Crippen LogP contribution in [0, 0.1) is 6.92 Å². The molecule has 0 bridgehead atoms. The first-order valence-electron chi connectivity index (χ1n) is 6.68. The fraction of sp³-hybridized carbons (Fsp3) is 0.312. The minimum absolute atomic E-state index is 0.613. The summed E-state index contributed by atoms with van der Waals surface area (Å²) in [6, 6.07) is 10.7. The van der Waals surface area contributed by atoms with E-state index >= 15 is 0 Å². The van der Waals surface area contributed by atoms with Crippen LogP contribution in [0.1, 0.15) is 23.1 Å². The first-order chi connectivity index (χ1) is 9.24. The normalized spacial score (nSPS) is 14.3. The summed E-state index contributed by atoms with van der Waals surface area (Å²) in [6.07, 6.45) is 4.11. The largest absolute Gasteiger partial charge is 0.367 e. The summed E-state index contributed by atoms with van der Waals surface area (Å²) in [7, 11) is 0. The number of aromatic nitrogens is 1. The molecule has 0 N–H and O–H groups in total. The lowest BCUT2D eigenvalue weighted by atomic mass is 9.99. The second-order valence-corrected chi connectivity index (χ2v) is 5.47. The third kappa shape index (κ3) is 2.59. The van der Waals surface area contributed by atoms with Crippen LogP contribution < -0.4 is 4.90 Å². The van der Waals surface area contributed by atoms with Crippen LogP contribution in [-0.2, 0) is 13.0 Å². The van der Waals surface area contributed by atoms with E-state index < -0.39 is 0 Å². The van der Waals surface area contributed by atoms with Crippen LogP contribution in [0.5, 0.6) is 0 Å². The number of halogens is 1. The Morgan fingerprint density at radius 1 is 1.32 bits per heavy atom. The van der Waals surface area contributed by atoms with Crippen molar-refractivity contribution < 1.29 is 0 Å². The van der Waals surface area contributed by atoms with Gasteiger partial charge in [0.15, 0.2) is 0 Å². The Kier molecular flexibility index (Phi) is 3.43. The number of hydrogen-bond donors (Lipinski definition) is 0. The first-order valence-corrected chi connectivity index (χ1v) is 7.06. The predicted molar refractivity (Wildman–Crippen MR) is 79.8 cm³/mol. The van der Waals surface area contributed by atoms with Crippen molar-refractivity contribution in [1.82, 2.24) is 4.98 Å². The first kappa shape index (κ1) is 12.5. The Bertz CT molecular complexity index is 595. The van der Waals surface area contributed by atoms with Crippen molar-refractivity contribution in [2.24, 2.45) is 0 Å². The van der Waals surface area contributed by atoms with E-state index in [0.717, 1.165) is 18.7 Å². The fourth-order valence-corrected chi connectivity index (χ4v) is 2.89. The Morgan fingerprint density at radius 2 is 2.21 bits per heavy atom. The summed E-state index contributed by atoms with van der Waals surface area (Å²) >= 11 is 6.16. The van der Waals surface area contributed by atoms with E-state index in [9.17, 15) is 0 Å².